The highest BCUT2D eigenvalue weighted by atomic mass is 16.5. The summed E-state index contributed by atoms with van der Waals surface area (Å²) in [5.41, 5.74) is 5.52. The second-order valence-electron chi connectivity index (χ2n) is 4.57. The maximum atomic E-state index is 12.1. The smallest absolute Gasteiger partial charge is 0.314 e. The van der Waals surface area contributed by atoms with Crippen LogP contribution in [0.2, 0.25) is 0 Å². The molecule has 0 saturated carbocycles. The largest absolute Gasteiger partial charge is 0.480 e. The second-order valence-corrected chi connectivity index (χ2v) is 4.57. The van der Waals surface area contributed by atoms with E-state index in [0.29, 0.717) is 19.4 Å². The Morgan fingerprint density at radius 2 is 2.24 bits per heavy atom. The first-order valence-electron chi connectivity index (χ1n) is 6.45. The highest BCUT2D eigenvalue weighted by Crippen LogP contribution is 2.21. The zero-order valence-electron chi connectivity index (χ0n) is 11.5. The molecule has 1 aliphatic heterocycles. The van der Waals surface area contributed by atoms with Gasteiger partial charge in [-0.15, -0.1) is 0 Å². The topological polar surface area (TPSA) is 115 Å². The summed E-state index contributed by atoms with van der Waals surface area (Å²) in [6.45, 7) is 0.337. The van der Waals surface area contributed by atoms with Crippen LogP contribution in [-0.4, -0.2) is 47.3 Å². The molecule has 1 fully saturated rings. The predicted octanol–water partition coefficient (Wildman–Crippen LogP) is -0.495. The van der Waals surface area contributed by atoms with E-state index in [2.05, 4.69) is 10.3 Å². The summed E-state index contributed by atoms with van der Waals surface area (Å²) in [5.74, 6) is -2.05. The molecule has 0 aliphatic carbocycles. The lowest BCUT2D eigenvalue weighted by atomic mass is 10.2. The van der Waals surface area contributed by atoms with Gasteiger partial charge in [0.1, 0.15) is 11.7 Å². The zero-order chi connectivity index (χ0) is 15.4. The van der Waals surface area contributed by atoms with Crippen LogP contribution < -0.4 is 15.8 Å². The third-order valence-electron chi connectivity index (χ3n) is 3.25. The van der Waals surface area contributed by atoms with Crippen molar-refractivity contribution < 1.29 is 19.1 Å². The fraction of sp³-hybridized carbons (Fsp3) is 0.385. The summed E-state index contributed by atoms with van der Waals surface area (Å²) in [7, 11) is 1.41. The molecular weight excluding hydrogens is 276 g/mol. The van der Waals surface area contributed by atoms with Crippen molar-refractivity contribution in [1.82, 2.24) is 9.88 Å². The van der Waals surface area contributed by atoms with E-state index in [1.54, 1.807) is 12.1 Å². The number of hydrogen-bond donors (Lipinski definition) is 2. The number of methoxy groups -OCH3 is 1. The minimum atomic E-state index is -0.852. The minimum Gasteiger partial charge on any atom is -0.480 e. The molecule has 3 amide bonds. The monoisotopic (exact) mass is 292 g/mol. The maximum Gasteiger partial charge on any atom is 0.314 e. The molecule has 1 saturated heterocycles. The first kappa shape index (κ1) is 14.8. The number of hydrogen-bond acceptors (Lipinski definition) is 5. The molecule has 0 bridgehead atoms. The van der Waals surface area contributed by atoms with Gasteiger partial charge in [0.25, 0.3) is 0 Å². The number of likely N-dealkylation sites (tertiary alicyclic amines) is 1. The van der Waals surface area contributed by atoms with Crippen LogP contribution in [0.4, 0.5) is 5.69 Å². The van der Waals surface area contributed by atoms with E-state index in [1.807, 2.05) is 0 Å². The molecule has 2 heterocycles. The molecule has 0 radical (unpaired) electrons. The predicted molar refractivity (Wildman–Crippen MR) is 73.3 cm³/mol. The van der Waals surface area contributed by atoms with E-state index >= 15 is 0 Å². The van der Waals surface area contributed by atoms with E-state index in [9.17, 15) is 14.4 Å². The normalized spacial score (nSPS) is 17.4. The first-order valence-corrected chi connectivity index (χ1v) is 6.45. The lowest BCUT2D eigenvalue weighted by Gasteiger charge is -2.21. The van der Waals surface area contributed by atoms with Gasteiger partial charge >= 0.3 is 11.8 Å². The quantitative estimate of drug-likeness (QED) is 0.729. The molecule has 21 heavy (non-hydrogen) atoms. The third kappa shape index (κ3) is 3.10. The SMILES string of the molecule is COc1ncccc1NC(=O)C(=O)N1CCCC1C(N)=O. The maximum absolute atomic E-state index is 12.1. The number of pyridine rings is 1. The summed E-state index contributed by atoms with van der Waals surface area (Å²) in [5, 5.41) is 2.43. The number of nitrogens with zero attached hydrogens (tertiary/aromatic N) is 2. The number of primary amides is 1. The number of rotatable bonds is 3. The van der Waals surface area contributed by atoms with Crippen molar-refractivity contribution in [3.8, 4) is 5.88 Å². The highest BCUT2D eigenvalue weighted by molar-refractivity contribution is 6.40. The minimum absolute atomic E-state index is 0.200. The van der Waals surface area contributed by atoms with Crippen molar-refractivity contribution in [1.29, 1.82) is 0 Å². The average molecular weight is 292 g/mol. The van der Waals surface area contributed by atoms with Crippen LogP contribution in [0.5, 0.6) is 5.88 Å². The number of nitrogens with two attached hydrogens (primary N) is 1. The molecule has 1 aromatic heterocycles. The Kier molecular flexibility index (Phi) is 4.36. The van der Waals surface area contributed by atoms with E-state index in [4.69, 9.17) is 10.5 Å². The molecule has 1 unspecified atom stereocenters. The number of amides is 3. The Balaban J connectivity index is 2.09. The Morgan fingerprint density at radius 3 is 2.90 bits per heavy atom. The summed E-state index contributed by atoms with van der Waals surface area (Å²) in [6.07, 6.45) is 2.62. The van der Waals surface area contributed by atoms with Gasteiger partial charge < -0.3 is 20.7 Å². The van der Waals surface area contributed by atoms with E-state index in [-0.39, 0.29) is 11.6 Å². The van der Waals surface area contributed by atoms with Crippen molar-refractivity contribution in [2.24, 2.45) is 5.73 Å². The molecule has 8 nitrogen and oxygen atoms in total. The first-order chi connectivity index (χ1) is 10.0. The van der Waals surface area contributed by atoms with Crippen LogP contribution in [0.25, 0.3) is 0 Å². The lowest BCUT2D eigenvalue weighted by Crippen LogP contribution is -2.47. The van der Waals surface area contributed by atoms with Crippen molar-refractivity contribution >= 4 is 23.4 Å². The molecule has 1 aliphatic rings. The van der Waals surface area contributed by atoms with Crippen LogP contribution in [0.1, 0.15) is 12.8 Å². The van der Waals surface area contributed by atoms with E-state index < -0.39 is 23.8 Å². The van der Waals surface area contributed by atoms with Gasteiger partial charge in [0, 0.05) is 12.7 Å². The Bertz CT molecular complexity index is 575. The molecule has 1 aromatic rings. The van der Waals surface area contributed by atoms with Gasteiger partial charge in [0.2, 0.25) is 11.8 Å². The molecule has 8 heteroatoms. The fourth-order valence-corrected chi connectivity index (χ4v) is 2.26. The fourth-order valence-electron chi connectivity index (χ4n) is 2.26. The Hall–Kier alpha value is -2.64. The summed E-state index contributed by atoms with van der Waals surface area (Å²) < 4.78 is 4.99. The van der Waals surface area contributed by atoms with Crippen molar-refractivity contribution in [3.63, 3.8) is 0 Å². The van der Waals surface area contributed by atoms with E-state index in [1.165, 1.54) is 18.2 Å². The summed E-state index contributed by atoms with van der Waals surface area (Å²) in [6, 6.07) is 2.44. The molecular formula is C13H16N4O4. The molecule has 0 aromatic carbocycles. The van der Waals surface area contributed by atoms with Gasteiger partial charge in [0.05, 0.1) is 7.11 Å². The van der Waals surface area contributed by atoms with Crippen LogP contribution >= 0.6 is 0 Å². The molecule has 0 spiro atoms. The molecule has 112 valence electrons. The van der Waals surface area contributed by atoms with Gasteiger partial charge in [-0.3, -0.25) is 14.4 Å². The third-order valence-corrected chi connectivity index (χ3v) is 3.25. The van der Waals surface area contributed by atoms with Crippen LogP contribution in [-0.2, 0) is 14.4 Å². The number of ether oxygens (including phenoxy) is 1. The second kappa shape index (κ2) is 6.21. The van der Waals surface area contributed by atoms with Gasteiger partial charge in [-0.05, 0) is 25.0 Å². The highest BCUT2D eigenvalue weighted by Gasteiger charge is 2.35. The van der Waals surface area contributed by atoms with Gasteiger partial charge in [-0.25, -0.2) is 4.98 Å². The average Bonchev–Trinajstić information content (AvgIpc) is 2.96. The van der Waals surface area contributed by atoms with Gasteiger partial charge in [-0.2, -0.15) is 0 Å². The van der Waals surface area contributed by atoms with Gasteiger partial charge in [-0.1, -0.05) is 0 Å². The molecule has 1 atom stereocenters. The number of aromatic nitrogens is 1. The standard InChI is InChI=1S/C13H16N4O4/c1-21-12-8(4-2-6-15-12)16-11(19)13(20)17-7-3-5-9(17)10(14)18/h2,4,6,9H,3,5,7H2,1H3,(H2,14,18)(H,16,19). The van der Waals surface area contributed by atoms with Crippen LogP contribution in [0.15, 0.2) is 18.3 Å². The Labute approximate surface area is 121 Å². The van der Waals surface area contributed by atoms with E-state index in [0.717, 1.165) is 0 Å². The van der Waals surface area contributed by atoms with Crippen molar-refractivity contribution in [2.75, 3.05) is 19.0 Å². The lowest BCUT2D eigenvalue weighted by molar-refractivity contribution is -0.145. The number of anilines is 1. The van der Waals surface area contributed by atoms with Crippen LogP contribution in [0.3, 0.4) is 0 Å². The summed E-state index contributed by atoms with van der Waals surface area (Å²) >= 11 is 0. The van der Waals surface area contributed by atoms with Gasteiger partial charge in [0.15, 0.2) is 0 Å². The van der Waals surface area contributed by atoms with Crippen molar-refractivity contribution in [3.05, 3.63) is 18.3 Å². The van der Waals surface area contributed by atoms with Crippen molar-refractivity contribution in [2.45, 2.75) is 18.9 Å². The molecule has 2 rings (SSSR count). The summed E-state index contributed by atoms with van der Waals surface area (Å²) in [4.78, 5) is 40.5. The number of carbonyl (C=O) groups excluding carboxylic acids is 3. The molecule has 3 N–H and O–H groups in total. The zero-order valence-corrected chi connectivity index (χ0v) is 11.5. The Morgan fingerprint density at radius 1 is 1.48 bits per heavy atom. The number of nitrogens with one attached hydrogen (secondary N) is 1. The number of carbonyl (C=O) groups is 3. The van der Waals surface area contributed by atoms with Crippen LogP contribution in [0, 0.1) is 0 Å².